The minimum Gasteiger partial charge on any atom is -0.368 e. The Morgan fingerprint density at radius 3 is 2.45 bits per heavy atom. The van der Waals surface area contributed by atoms with Crippen LogP contribution in [0.1, 0.15) is 64.7 Å². The Morgan fingerprint density at radius 2 is 1.80 bits per heavy atom. The molecule has 2 fully saturated rings. The van der Waals surface area contributed by atoms with Crippen LogP contribution in [0.3, 0.4) is 0 Å². The Bertz CT molecular complexity index is 1250. The van der Waals surface area contributed by atoms with E-state index in [0.29, 0.717) is 37.7 Å². The summed E-state index contributed by atoms with van der Waals surface area (Å²) in [5, 5.41) is 2.67. The fraction of sp³-hybridized carbons (Fsp3) is 0.533. The van der Waals surface area contributed by atoms with E-state index in [2.05, 4.69) is 22.0 Å². The van der Waals surface area contributed by atoms with Gasteiger partial charge in [0.05, 0.1) is 11.6 Å². The van der Waals surface area contributed by atoms with Crippen LogP contribution in [0.4, 0.5) is 18.9 Å². The van der Waals surface area contributed by atoms with Gasteiger partial charge in [0, 0.05) is 57.1 Å². The maximum atomic E-state index is 14.0. The Kier molecular flexibility index (Phi) is 8.22. The summed E-state index contributed by atoms with van der Waals surface area (Å²) in [5.74, 6) is -0.102. The molecule has 1 saturated carbocycles. The molecule has 0 spiro atoms. The molecule has 216 valence electrons. The van der Waals surface area contributed by atoms with E-state index < -0.39 is 17.6 Å². The number of amides is 2. The molecule has 10 heteroatoms. The Hall–Kier alpha value is -2.95. The first-order chi connectivity index (χ1) is 19.0. The first-order valence-corrected chi connectivity index (χ1v) is 14.1. The normalized spacial score (nSPS) is 21.6. The van der Waals surface area contributed by atoms with Gasteiger partial charge in [-0.1, -0.05) is 31.9 Å². The largest absolute Gasteiger partial charge is 0.416 e. The summed E-state index contributed by atoms with van der Waals surface area (Å²) in [6.07, 6.45) is -1.53. The number of carbonyl (C=O) groups excluding carboxylic acids is 2. The van der Waals surface area contributed by atoms with Crippen molar-refractivity contribution in [3.8, 4) is 0 Å². The molecule has 2 aromatic rings. The summed E-state index contributed by atoms with van der Waals surface area (Å²) in [7, 11) is 2.00. The molecule has 1 unspecified atom stereocenters. The summed E-state index contributed by atoms with van der Waals surface area (Å²) in [4.78, 5) is 31.7. The zero-order chi connectivity index (χ0) is 28.6. The zero-order valence-corrected chi connectivity index (χ0v) is 23.1. The summed E-state index contributed by atoms with van der Waals surface area (Å²) >= 11 is 0. The molecule has 3 aliphatic rings. The molecular weight excluding hydrogens is 519 g/mol. The summed E-state index contributed by atoms with van der Waals surface area (Å²) in [6.45, 7) is 6.56. The van der Waals surface area contributed by atoms with E-state index >= 15 is 0 Å². The van der Waals surface area contributed by atoms with Gasteiger partial charge < -0.3 is 16.0 Å². The third-order valence-electron chi connectivity index (χ3n) is 8.50. The number of alkyl halides is 3. The fourth-order valence-electron chi connectivity index (χ4n) is 5.96. The van der Waals surface area contributed by atoms with Crippen LogP contribution in [0.5, 0.6) is 0 Å². The Morgan fingerprint density at radius 1 is 1.07 bits per heavy atom. The molecule has 0 bridgehead atoms. The number of primary amides is 1. The molecule has 2 aromatic carbocycles. The van der Waals surface area contributed by atoms with Gasteiger partial charge >= 0.3 is 6.18 Å². The van der Waals surface area contributed by atoms with Gasteiger partial charge in [0.15, 0.2) is 0 Å². The molecule has 0 radical (unpaired) electrons. The molecule has 3 N–H and O–H groups in total. The third kappa shape index (κ3) is 6.67. The minimum atomic E-state index is -4.54. The predicted molar refractivity (Wildman–Crippen MR) is 148 cm³/mol. The lowest BCUT2D eigenvalue weighted by Crippen LogP contribution is -2.48. The highest BCUT2D eigenvalue weighted by atomic mass is 19.4. The minimum absolute atomic E-state index is 0.102. The van der Waals surface area contributed by atoms with Crippen molar-refractivity contribution < 1.29 is 22.8 Å². The number of halogens is 3. The first kappa shape index (κ1) is 28.6. The SMILES string of the molecule is C[C@H]1CN(C(CC2CC2)C(N)=O)Cc2cc(C(=O)Nc3ccc(CN4CCN(C)CC4)c(C(F)(F)F)c3)ccc21. The van der Waals surface area contributed by atoms with Gasteiger partial charge in [0.25, 0.3) is 5.91 Å². The van der Waals surface area contributed by atoms with Gasteiger partial charge in [-0.2, -0.15) is 13.2 Å². The lowest BCUT2D eigenvalue weighted by molar-refractivity contribution is -0.138. The van der Waals surface area contributed by atoms with Crippen LogP contribution >= 0.6 is 0 Å². The van der Waals surface area contributed by atoms with Crippen molar-refractivity contribution in [3.63, 3.8) is 0 Å². The maximum Gasteiger partial charge on any atom is 0.416 e. The molecule has 2 atom stereocenters. The van der Waals surface area contributed by atoms with Gasteiger partial charge in [0.1, 0.15) is 0 Å². The van der Waals surface area contributed by atoms with Gasteiger partial charge in [-0.25, -0.2) is 0 Å². The van der Waals surface area contributed by atoms with Gasteiger partial charge in [-0.15, -0.1) is 0 Å². The second-order valence-electron chi connectivity index (χ2n) is 11.7. The van der Waals surface area contributed by atoms with E-state index in [1.165, 1.54) is 12.1 Å². The van der Waals surface area contributed by atoms with Crippen molar-refractivity contribution in [2.45, 2.75) is 57.4 Å². The number of fused-ring (bicyclic) bond motifs is 1. The molecule has 2 aliphatic heterocycles. The van der Waals surface area contributed by atoms with Crippen molar-refractivity contribution in [2.24, 2.45) is 11.7 Å². The van der Waals surface area contributed by atoms with E-state index in [-0.39, 0.29) is 35.7 Å². The lowest BCUT2D eigenvalue weighted by Gasteiger charge is -2.37. The quantitative estimate of drug-likeness (QED) is 0.507. The van der Waals surface area contributed by atoms with E-state index in [4.69, 9.17) is 5.73 Å². The number of hydrogen-bond acceptors (Lipinski definition) is 5. The zero-order valence-electron chi connectivity index (χ0n) is 23.1. The Balaban J connectivity index is 1.31. The van der Waals surface area contributed by atoms with E-state index in [9.17, 15) is 22.8 Å². The van der Waals surface area contributed by atoms with E-state index in [1.807, 2.05) is 18.0 Å². The van der Waals surface area contributed by atoms with Crippen molar-refractivity contribution in [2.75, 3.05) is 45.1 Å². The summed E-state index contributed by atoms with van der Waals surface area (Å²) in [6, 6.07) is 9.10. The maximum absolute atomic E-state index is 14.0. The number of likely N-dealkylation sites (N-methyl/N-ethyl adjacent to an activating group) is 1. The van der Waals surface area contributed by atoms with E-state index in [1.54, 1.807) is 12.1 Å². The second-order valence-corrected chi connectivity index (χ2v) is 11.7. The summed E-state index contributed by atoms with van der Waals surface area (Å²) < 4.78 is 42.0. The van der Waals surface area contributed by atoms with E-state index in [0.717, 1.165) is 49.5 Å². The standard InChI is InChI=1S/C30H38F3N5O2/c1-19-16-38(27(28(34)39)13-20-3-4-20)18-23-14-21(6-8-25(19)23)29(40)35-24-7-5-22(26(15-24)30(31,32)33)17-37-11-9-36(2)10-12-37/h5-8,14-15,19-20,27H,3-4,9-13,16-18H2,1-2H3,(H2,34,39)(H,35,40)/t19-,27?/m0/s1. The topological polar surface area (TPSA) is 81.9 Å². The monoisotopic (exact) mass is 557 g/mol. The highest BCUT2D eigenvalue weighted by Gasteiger charge is 2.36. The van der Waals surface area contributed by atoms with Crippen LogP contribution in [0.2, 0.25) is 0 Å². The number of benzene rings is 2. The van der Waals surface area contributed by atoms with Crippen LogP contribution in [0.25, 0.3) is 0 Å². The molecule has 40 heavy (non-hydrogen) atoms. The van der Waals surface area contributed by atoms with Crippen molar-refractivity contribution in [1.29, 1.82) is 0 Å². The average molecular weight is 558 g/mol. The highest BCUT2D eigenvalue weighted by molar-refractivity contribution is 6.04. The number of nitrogens with two attached hydrogens (primary N) is 1. The van der Waals surface area contributed by atoms with Crippen LogP contribution in [0.15, 0.2) is 36.4 Å². The van der Waals surface area contributed by atoms with Gasteiger partial charge in [-0.05, 0) is 66.3 Å². The van der Waals surface area contributed by atoms with Crippen LogP contribution in [-0.2, 0) is 24.1 Å². The summed E-state index contributed by atoms with van der Waals surface area (Å²) in [5.41, 5.74) is 7.74. The number of nitrogens with zero attached hydrogens (tertiary/aromatic N) is 3. The molecule has 1 aliphatic carbocycles. The van der Waals surface area contributed by atoms with Crippen molar-refractivity contribution >= 4 is 17.5 Å². The van der Waals surface area contributed by atoms with Crippen LogP contribution in [0, 0.1) is 5.92 Å². The molecule has 2 heterocycles. The first-order valence-electron chi connectivity index (χ1n) is 14.1. The molecule has 5 rings (SSSR count). The molecule has 0 aromatic heterocycles. The number of nitrogens with one attached hydrogen (secondary N) is 1. The van der Waals surface area contributed by atoms with Crippen LogP contribution in [-0.4, -0.2) is 72.3 Å². The van der Waals surface area contributed by atoms with Crippen molar-refractivity contribution in [1.82, 2.24) is 14.7 Å². The molecule has 7 nitrogen and oxygen atoms in total. The number of carbonyl (C=O) groups is 2. The number of anilines is 1. The fourth-order valence-corrected chi connectivity index (χ4v) is 5.96. The van der Waals surface area contributed by atoms with Gasteiger partial charge in [-0.3, -0.25) is 19.4 Å². The highest BCUT2D eigenvalue weighted by Crippen LogP contribution is 2.38. The average Bonchev–Trinajstić information content (AvgIpc) is 3.72. The molecule has 2 amide bonds. The second kappa shape index (κ2) is 11.5. The third-order valence-corrected chi connectivity index (χ3v) is 8.50. The number of rotatable bonds is 8. The number of hydrogen-bond donors (Lipinski definition) is 2. The predicted octanol–water partition coefficient (Wildman–Crippen LogP) is 4.28. The smallest absolute Gasteiger partial charge is 0.368 e. The van der Waals surface area contributed by atoms with Crippen molar-refractivity contribution in [3.05, 3.63) is 64.2 Å². The van der Waals surface area contributed by atoms with Gasteiger partial charge in [0.2, 0.25) is 5.91 Å². The lowest BCUT2D eigenvalue weighted by atomic mass is 9.88. The molecular formula is C30H38F3N5O2. The van der Waals surface area contributed by atoms with Crippen LogP contribution < -0.4 is 11.1 Å². The number of piperazine rings is 1. The molecule has 1 saturated heterocycles. The Labute approximate surface area is 233 Å².